The minimum Gasteiger partial charge on any atom is -0.462 e. The van der Waals surface area contributed by atoms with E-state index < -0.39 is 6.10 Å². The lowest BCUT2D eigenvalue weighted by atomic mass is 10.0. The van der Waals surface area contributed by atoms with Crippen LogP contribution < -0.4 is 0 Å². The number of unbranched alkanes of at least 4 members (excludes halogenated alkanes) is 32. The summed E-state index contributed by atoms with van der Waals surface area (Å²) in [6.45, 7) is 6.44. The van der Waals surface area contributed by atoms with Crippen molar-refractivity contribution in [3.05, 3.63) is 48.6 Å². The van der Waals surface area contributed by atoms with E-state index in [1.54, 1.807) is 0 Å². The molecule has 0 heterocycles. The number of rotatable bonds is 51. The van der Waals surface area contributed by atoms with Gasteiger partial charge in [0.2, 0.25) is 0 Å². The molecule has 0 bridgehead atoms. The molecule has 0 radical (unpaired) electrons. The Bertz CT molecular complexity index is 1140. The minimum absolute atomic E-state index is 0.0680. The van der Waals surface area contributed by atoms with Crippen molar-refractivity contribution in [2.45, 2.75) is 297 Å². The Hall–Kier alpha value is -2.63. The van der Waals surface area contributed by atoms with E-state index in [0.717, 1.165) is 89.9 Å². The molecule has 6 nitrogen and oxygen atoms in total. The van der Waals surface area contributed by atoms with Gasteiger partial charge in [-0.05, 0) is 57.8 Å². The summed E-state index contributed by atoms with van der Waals surface area (Å²) in [6, 6.07) is 0. The first-order chi connectivity index (χ1) is 32.0. The minimum atomic E-state index is -0.761. The number of allylic oxidation sites excluding steroid dienone is 8. The Kier molecular flexibility index (Phi) is 51.8. The third-order valence-electron chi connectivity index (χ3n) is 12.3. The third-order valence-corrected chi connectivity index (χ3v) is 12.3. The lowest BCUT2D eigenvalue weighted by Crippen LogP contribution is -2.30. The standard InChI is InChI=1S/C59H106O6/c1-4-7-10-13-15-17-18-19-20-21-22-23-24-25-26-27-28-29-30-31-32-33-34-35-36-37-38-39-40-42-43-46-49-52-58(61)64-55-56(54-63-57(60)51-48-45-12-9-6-3)65-59(62)53-50-47-44-41-16-14-11-8-5-2/h7,10,15,17,19-20,22-23,56H,4-6,8-9,11-14,16,18,21,24-55H2,1-3H3/b10-7-,17-15-,20-19-,23-22-. The highest BCUT2D eigenvalue weighted by Gasteiger charge is 2.19. The molecule has 65 heavy (non-hydrogen) atoms. The number of hydrogen-bond donors (Lipinski definition) is 0. The molecule has 0 fully saturated rings. The average molecular weight is 911 g/mol. The molecular weight excluding hydrogens is 805 g/mol. The number of hydrogen-bond acceptors (Lipinski definition) is 6. The van der Waals surface area contributed by atoms with Gasteiger partial charge in [0.15, 0.2) is 6.10 Å². The molecule has 0 aliphatic rings. The predicted octanol–water partition coefficient (Wildman–Crippen LogP) is 18.7. The highest BCUT2D eigenvalue weighted by atomic mass is 16.6. The molecule has 0 N–H and O–H groups in total. The highest BCUT2D eigenvalue weighted by Crippen LogP contribution is 2.17. The molecule has 0 rings (SSSR count). The van der Waals surface area contributed by atoms with Crippen molar-refractivity contribution in [2.75, 3.05) is 13.2 Å². The van der Waals surface area contributed by atoms with E-state index in [1.165, 1.54) is 161 Å². The van der Waals surface area contributed by atoms with Gasteiger partial charge in [0.25, 0.3) is 0 Å². The van der Waals surface area contributed by atoms with Crippen LogP contribution in [0.25, 0.3) is 0 Å². The van der Waals surface area contributed by atoms with Crippen LogP contribution in [-0.2, 0) is 28.6 Å². The average Bonchev–Trinajstić information content (AvgIpc) is 3.30. The van der Waals surface area contributed by atoms with Gasteiger partial charge in [-0.25, -0.2) is 0 Å². The summed E-state index contributed by atoms with van der Waals surface area (Å²) in [5, 5.41) is 0. The number of esters is 3. The van der Waals surface area contributed by atoms with Crippen LogP contribution in [0.5, 0.6) is 0 Å². The summed E-state index contributed by atoms with van der Waals surface area (Å²) >= 11 is 0. The predicted molar refractivity (Wildman–Crippen MR) is 279 cm³/mol. The van der Waals surface area contributed by atoms with Crippen LogP contribution in [0.3, 0.4) is 0 Å². The smallest absolute Gasteiger partial charge is 0.306 e. The van der Waals surface area contributed by atoms with Crippen molar-refractivity contribution in [3.63, 3.8) is 0 Å². The highest BCUT2D eigenvalue weighted by molar-refractivity contribution is 5.71. The topological polar surface area (TPSA) is 78.9 Å². The SMILES string of the molecule is CC/C=C\C/C=C\C/C=C\C/C=C\CCCCCCCCCCCCCCCCCCCCCCC(=O)OCC(COC(=O)CCCCCCC)OC(=O)CCCCCCCCCCC. The summed E-state index contributed by atoms with van der Waals surface area (Å²) in [6.07, 6.45) is 66.1. The van der Waals surface area contributed by atoms with Crippen molar-refractivity contribution < 1.29 is 28.6 Å². The van der Waals surface area contributed by atoms with E-state index in [2.05, 4.69) is 69.4 Å². The fourth-order valence-corrected chi connectivity index (χ4v) is 8.14. The van der Waals surface area contributed by atoms with Crippen LogP contribution in [0.4, 0.5) is 0 Å². The van der Waals surface area contributed by atoms with Gasteiger partial charge < -0.3 is 14.2 Å². The molecule has 0 spiro atoms. The van der Waals surface area contributed by atoms with Crippen molar-refractivity contribution in [3.8, 4) is 0 Å². The lowest BCUT2D eigenvalue weighted by Gasteiger charge is -2.18. The largest absolute Gasteiger partial charge is 0.462 e. The molecule has 0 saturated carbocycles. The summed E-state index contributed by atoms with van der Waals surface area (Å²) < 4.78 is 16.6. The summed E-state index contributed by atoms with van der Waals surface area (Å²) in [5.74, 6) is -0.875. The van der Waals surface area contributed by atoms with E-state index >= 15 is 0 Å². The second kappa shape index (κ2) is 54.0. The van der Waals surface area contributed by atoms with Crippen LogP contribution >= 0.6 is 0 Å². The van der Waals surface area contributed by atoms with Gasteiger partial charge in [0.05, 0.1) is 0 Å². The maximum atomic E-state index is 12.6. The van der Waals surface area contributed by atoms with Gasteiger partial charge in [-0.2, -0.15) is 0 Å². The molecule has 6 heteroatoms. The maximum absolute atomic E-state index is 12.6. The Labute approximate surface area is 403 Å². The summed E-state index contributed by atoms with van der Waals surface area (Å²) in [5.41, 5.74) is 0. The first-order valence-electron chi connectivity index (χ1n) is 28.1. The molecule has 0 aromatic carbocycles. The Morgan fingerprint density at radius 1 is 0.323 bits per heavy atom. The number of ether oxygens (including phenoxy) is 3. The molecule has 1 atom stereocenters. The van der Waals surface area contributed by atoms with Gasteiger partial charge in [-0.3, -0.25) is 14.4 Å². The number of carbonyl (C=O) groups is 3. The van der Waals surface area contributed by atoms with Gasteiger partial charge in [-0.1, -0.05) is 262 Å². The van der Waals surface area contributed by atoms with Crippen molar-refractivity contribution in [1.29, 1.82) is 0 Å². The second-order valence-corrected chi connectivity index (χ2v) is 18.8. The van der Waals surface area contributed by atoms with Gasteiger partial charge in [-0.15, -0.1) is 0 Å². The zero-order chi connectivity index (χ0) is 47.2. The third kappa shape index (κ3) is 52.2. The zero-order valence-electron chi connectivity index (χ0n) is 43.3. The normalized spacial score (nSPS) is 12.4. The Morgan fingerprint density at radius 2 is 0.600 bits per heavy atom. The summed E-state index contributed by atoms with van der Waals surface area (Å²) in [4.78, 5) is 37.5. The molecule has 0 aromatic heterocycles. The van der Waals surface area contributed by atoms with E-state index in [1.807, 2.05) is 0 Å². The molecule has 0 aliphatic carbocycles. The first-order valence-corrected chi connectivity index (χ1v) is 28.1. The van der Waals surface area contributed by atoms with Gasteiger partial charge >= 0.3 is 17.9 Å². The molecular formula is C59H106O6. The van der Waals surface area contributed by atoms with Crippen molar-refractivity contribution >= 4 is 17.9 Å². The van der Waals surface area contributed by atoms with Crippen LogP contribution in [0.2, 0.25) is 0 Å². The van der Waals surface area contributed by atoms with Crippen LogP contribution in [0.1, 0.15) is 290 Å². The quantitative estimate of drug-likeness (QED) is 0.0262. The van der Waals surface area contributed by atoms with Crippen molar-refractivity contribution in [1.82, 2.24) is 0 Å². The Balaban J connectivity index is 3.81. The Morgan fingerprint density at radius 3 is 0.938 bits per heavy atom. The molecule has 378 valence electrons. The van der Waals surface area contributed by atoms with E-state index in [4.69, 9.17) is 14.2 Å². The fourth-order valence-electron chi connectivity index (χ4n) is 8.14. The van der Waals surface area contributed by atoms with Crippen LogP contribution in [0.15, 0.2) is 48.6 Å². The molecule has 1 unspecified atom stereocenters. The van der Waals surface area contributed by atoms with Gasteiger partial charge in [0.1, 0.15) is 13.2 Å². The van der Waals surface area contributed by atoms with Gasteiger partial charge in [0, 0.05) is 19.3 Å². The maximum Gasteiger partial charge on any atom is 0.306 e. The molecule has 0 saturated heterocycles. The lowest BCUT2D eigenvalue weighted by molar-refractivity contribution is -0.167. The molecule has 0 amide bonds. The number of carbonyl (C=O) groups excluding carboxylic acids is 3. The zero-order valence-corrected chi connectivity index (χ0v) is 43.3. The molecule has 0 aromatic rings. The van der Waals surface area contributed by atoms with Crippen molar-refractivity contribution in [2.24, 2.45) is 0 Å². The van der Waals surface area contributed by atoms with E-state index in [-0.39, 0.29) is 31.1 Å². The van der Waals surface area contributed by atoms with Crippen LogP contribution in [0, 0.1) is 0 Å². The monoisotopic (exact) mass is 911 g/mol. The fraction of sp³-hybridized carbons (Fsp3) is 0.814. The van der Waals surface area contributed by atoms with Crippen LogP contribution in [-0.4, -0.2) is 37.2 Å². The van der Waals surface area contributed by atoms with E-state index in [9.17, 15) is 14.4 Å². The summed E-state index contributed by atoms with van der Waals surface area (Å²) in [7, 11) is 0. The van der Waals surface area contributed by atoms with E-state index in [0.29, 0.717) is 19.3 Å². The first kappa shape index (κ1) is 62.4. The molecule has 0 aliphatic heterocycles. The second-order valence-electron chi connectivity index (χ2n) is 18.8.